The Hall–Kier alpha value is -5.20. The Morgan fingerprint density at radius 1 is 0.576 bits per heavy atom. The van der Waals surface area contributed by atoms with Crippen LogP contribution in [-0.4, -0.2) is 55.4 Å². The molecule has 4 amide bonds. The summed E-state index contributed by atoms with van der Waals surface area (Å²) in [6.45, 7) is -0.0745. The molecule has 0 bridgehead atoms. The van der Waals surface area contributed by atoms with Gasteiger partial charge in [0.1, 0.15) is 12.1 Å². The highest BCUT2D eigenvalue weighted by Gasteiger charge is 2.29. The van der Waals surface area contributed by atoms with Crippen LogP contribution in [0.3, 0.4) is 0 Å². The molecule has 11 nitrogen and oxygen atoms in total. The smallest absolute Gasteiger partial charge is 0.328 e. The average Bonchev–Trinajstić information content (AvgIpc) is 4.08. The van der Waals surface area contributed by atoms with E-state index in [0.29, 0.717) is 12.8 Å². The fourth-order valence-corrected chi connectivity index (χ4v) is 9.66. The maximum absolute atomic E-state index is 12.9. The van der Waals surface area contributed by atoms with Crippen molar-refractivity contribution < 1.29 is 33.8 Å². The van der Waals surface area contributed by atoms with Crippen molar-refractivity contribution in [2.45, 2.75) is 109 Å². The van der Waals surface area contributed by atoms with Crippen molar-refractivity contribution in [1.29, 1.82) is 0 Å². The van der Waals surface area contributed by atoms with E-state index >= 15 is 0 Å². The molecule has 0 saturated carbocycles. The number of aliphatic hydroxyl groups excluding tert-OH is 1. The van der Waals surface area contributed by atoms with Crippen LogP contribution in [0.1, 0.15) is 86.9 Å². The number of carbonyl (C=O) groups excluding carboxylic acids is 4. The summed E-state index contributed by atoms with van der Waals surface area (Å²) in [6.07, 6.45) is 13.4. The van der Waals surface area contributed by atoms with E-state index in [4.69, 9.17) is 9.47 Å². The zero-order chi connectivity index (χ0) is 41.5. The van der Waals surface area contributed by atoms with Crippen LogP contribution in [0.4, 0.5) is 21.0 Å². The van der Waals surface area contributed by atoms with Gasteiger partial charge in [-0.2, -0.15) is 0 Å². The number of benzene rings is 4. The van der Waals surface area contributed by atoms with E-state index in [1.54, 1.807) is 0 Å². The predicted molar refractivity (Wildman–Crippen MR) is 231 cm³/mol. The van der Waals surface area contributed by atoms with Gasteiger partial charge >= 0.3 is 24.0 Å². The number of methoxy groups -OCH3 is 2. The first-order chi connectivity index (χ1) is 28.6. The zero-order valence-corrected chi connectivity index (χ0v) is 35.4. The van der Waals surface area contributed by atoms with Gasteiger partial charge in [-0.3, -0.25) is 0 Å². The summed E-state index contributed by atoms with van der Waals surface area (Å²) in [5.74, 6) is -0.952. The minimum atomic E-state index is -0.811. The molecule has 0 saturated heterocycles. The number of rotatable bonds is 11. The lowest BCUT2D eigenvalue weighted by atomic mass is 9.99. The number of hydrogen-bond acceptors (Lipinski definition) is 7. The SMILES string of the molecule is COC(=O)[C@@H](Cc1cccc(Br)c1)NC(=O)Nc1c2c(cc3c1CCC3)CCC2.COC(=O)[C@@H](Cc1cccc(CO)c1)NC(=O)Nc1c2c(cc3c1CCC3)CCC2. The summed E-state index contributed by atoms with van der Waals surface area (Å²) in [5, 5.41) is 21.1. The van der Waals surface area contributed by atoms with E-state index in [2.05, 4.69) is 49.3 Å². The van der Waals surface area contributed by atoms with Crippen molar-refractivity contribution in [2.75, 3.05) is 24.9 Å². The number of carbonyl (C=O) groups is 4. The summed E-state index contributed by atoms with van der Waals surface area (Å²) in [5.41, 5.74) is 14.9. The van der Waals surface area contributed by atoms with Gasteiger partial charge in [0, 0.05) is 28.7 Å². The highest BCUT2D eigenvalue weighted by molar-refractivity contribution is 9.10. The van der Waals surface area contributed by atoms with Gasteiger partial charge in [0.2, 0.25) is 0 Å². The number of urea groups is 2. The number of aliphatic hydroxyl groups is 1. The first-order valence-corrected chi connectivity index (χ1v) is 21.5. The first kappa shape index (κ1) is 41.9. The van der Waals surface area contributed by atoms with Crippen molar-refractivity contribution >= 4 is 51.3 Å². The lowest BCUT2D eigenvalue weighted by molar-refractivity contribution is -0.143. The van der Waals surface area contributed by atoms with Crippen molar-refractivity contribution in [1.82, 2.24) is 10.6 Å². The molecule has 0 fully saturated rings. The normalized spacial score (nSPS) is 15.3. The largest absolute Gasteiger partial charge is 0.467 e. The lowest BCUT2D eigenvalue weighted by Crippen LogP contribution is -2.45. The molecule has 0 heterocycles. The van der Waals surface area contributed by atoms with E-state index in [9.17, 15) is 24.3 Å². The van der Waals surface area contributed by atoms with Crippen molar-refractivity contribution in [3.8, 4) is 0 Å². The van der Waals surface area contributed by atoms with E-state index in [1.807, 2.05) is 48.5 Å². The predicted octanol–water partition coefficient (Wildman–Crippen LogP) is 7.39. The number of halogens is 1. The second-order valence-corrected chi connectivity index (χ2v) is 16.7. The van der Waals surface area contributed by atoms with Gasteiger partial charge in [-0.05, 0) is 150 Å². The van der Waals surface area contributed by atoms with E-state index < -0.39 is 30.1 Å². The molecule has 310 valence electrons. The van der Waals surface area contributed by atoms with Crippen LogP contribution in [0.15, 0.2) is 65.1 Å². The number of aryl methyl sites for hydroxylation is 4. The van der Waals surface area contributed by atoms with Crippen LogP contribution in [0.25, 0.3) is 0 Å². The number of anilines is 2. The molecule has 8 rings (SSSR count). The van der Waals surface area contributed by atoms with Crippen LogP contribution in [0.5, 0.6) is 0 Å². The Bertz CT molecular complexity index is 2180. The number of fused-ring (bicyclic) bond motifs is 4. The molecule has 0 aromatic heterocycles. The van der Waals surface area contributed by atoms with Crippen LogP contribution in [0, 0.1) is 0 Å². The first-order valence-electron chi connectivity index (χ1n) is 20.7. The molecule has 0 spiro atoms. The Morgan fingerprint density at radius 3 is 1.36 bits per heavy atom. The second kappa shape index (κ2) is 19.2. The summed E-state index contributed by atoms with van der Waals surface area (Å²) in [7, 11) is 2.66. The van der Waals surface area contributed by atoms with Crippen LogP contribution < -0.4 is 21.3 Å². The Kier molecular flexibility index (Phi) is 13.7. The topological polar surface area (TPSA) is 155 Å². The van der Waals surface area contributed by atoms with Gasteiger partial charge in [0.15, 0.2) is 0 Å². The fourth-order valence-electron chi connectivity index (χ4n) is 9.21. The average molecular weight is 866 g/mol. The number of esters is 2. The maximum atomic E-state index is 12.9. The third-order valence-corrected chi connectivity index (χ3v) is 12.4. The Morgan fingerprint density at radius 2 is 0.966 bits per heavy atom. The summed E-state index contributed by atoms with van der Waals surface area (Å²) in [4.78, 5) is 50.4. The summed E-state index contributed by atoms with van der Waals surface area (Å²) >= 11 is 3.44. The molecule has 0 radical (unpaired) electrons. The molecule has 0 unspecified atom stereocenters. The number of nitrogens with one attached hydrogen (secondary N) is 4. The van der Waals surface area contributed by atoms with E-state index in [-0.39, 0.29) is 12.6 Å². The van der Waals surface area contributed by atoms with Crippen molar-refractivity contribution in [3.05, 3.63) is 126 Å². The highest BCUT2D eigenvalue weighted by Crippen LogP contribution is 2.40. The van der Waals surface area contributed by atoms with E-state index in [1.165, 1.54) is 58.7 Å². The van der Waals surface area contributed by atoms with Crippen LogP contribution in [0.2, 0.25) is 0 Å². The molecule has 0 aliphatic heterocycles. The van der Waals surface area contributed by atoms with Gasteiger partial charge < -0.3 is 35.8 Å². The molecule has 4 aliphatic carbocycles. The minimum absolute atomic E-state index is 0.0745. The second-order valence-electron chi connectivity index (χ2n) is 15.8. The molecular formula is C47H53BrN4O7. The quantitative estimate of drug-likeness (QED) is 0.0986. The van der Waals surface area contributed by atoms with Gasteiger partial charge in [0.05, 0.1) is 20.8 Å². The zero-order valence-electron chi connectivity index (χ0n) is 33.8. The Balaban J connectivity index is 0.000000179. The molecule has 12 heteroatoms. The van der Waals surface area contributed by atoms with Crippen molar-refractivity contribution in [2.24, 2.45) is 0 Å². The summed E-state index contributed by atoms with van der Waals surface area (Å²) < 4.78 is 10.8. The molecule has 4 aromatic rings. The van der Waals surface area contributed by atoms with Crippen LogP contribution >= 0.6 is 15.9 Å². The summed E-state index contributed by atoms with van der Waals surface area (Å²) in [6, 6.07) is 17.4. The maximum Gasteiger partial charge on any atom is 0.328 e. The molecule has 4 aliphatic rings. The van der Waals surface area contributed by atoms with Gasteiger partial charge in [-0.1, -0.05) is 64.5 Å². The minimum Gasteiger partial charge on any atom is -0.467 e. The van der Waals surface area contributed by atoms with Crippen molar-refractivity contribution in [3.63, 3.8) is 0 Å². The lowest BCUT2D eigenvalue weighted by Gasteiger charge is -2.20. The molecule has 4 aromatic carbocycles. The number of ether oxygens (including phenoxy) is 2. The standard InChI is InChI=1S/C24H28N2O4.C23H25BrN2O3/c1-30-23(28)21(12-15-5-2-6-16(11-15)14-27)25-24(29)26-22-19-9-3-7-17(19)13-18-8-4-10-20(18)22;1-29-22(27)20(12-14-5-2-8-17(24)11-14)25-23(28)26-21-18-9-3-6-15(18)13-16-7-4-10-19(16)21/h2,5-6,11,13,21,27H,3-4,7-10,12,14H2,1H3,(H2,25,26,29);2,5,8,11,13,20H,3-4,6-7,9-10,12H2,1H3,(H2,25,26,28)/t21-;20-/m11/s1. The van der Waals surface area contributed by atoms with Gasteiger partial charge in [-0.15, -0.1) is 0 Å². The molecule has 2 atom stereocenters. The monoisotopic (exact) mass is 864 g/mol. The molecular weight excluding hydrogens is 812 g/mol. The third kappa shape index (κ3) is 9.99. The highest BCUT2D eigenvalue weighted by atomic mass is 79.9. The third-order valence-electron chi connectivity index (χ3n) is 11.9. The van der Waals surface area contributed by atoms with Gasteiger partial charge in [-0.25, -0.2) is 19.2 Å². The Labute approximate surface area is 354 Å². The fraction of sp³-hybridized carbons (Fsp3) is 0.404. The molecule has 5 N–H and O–H groups in total. The number of hydrogen-bond donors (Lipinski definition) is 5. The van der Waals surface area contributed by atoms with Gasteiger partial charge in [0.25, 0.3) is 0 Å². The molecule has 59 heavy (non-hydrogen) atoms. The van der Waals surface area contributed by atoms with Crippen LogP contribution in [-0.2, 0) is 89.9 Å². The van der Waals surface area contributed by atoms with E-state index in [0.717, 1.165) is 110 Å². The number of amides is 4.